The zero-order valence-electron chi connectivity index (χ0n) is 12.0. The average molecular weight is 279 g/mol. The van der Waals surface area contributed by atoms with E-state index < -0.39 is 11.7 Å². The molecule has 0 atom stereocenters. The maximum Gasteiger partial charge on any atom is 0.410 e. The van der Waals surface area contributed by atoms with Crippen LogP contribution in [0.1, 0.15) is 26.6 Å². The highest BCUT2D eigenvalue weighted by Crippen LogP contribution is 2.15. The van der Waals surface area contributed by atoms with Crippen LogP contribution in [-0.4, -0.2) is 33.6 Å². The van der Waals surface area contributed by atoms with Gasteiger partial charge in [0.15, 0.2) is 0 Å². The molecule has 6 heteroatoms. The summed E-state index contributed by atoms with van der Waals surface area (Å²) in [6.45, 7) is 5.69. The van der Waals surface area contributed by atoms with E-state index in [4.69, 9.17) is 4.74 Å². The highest BCUT2D eigenvalue weighted by Gasteiger charge is 2.20. The van der Waals surface area contributed by atoms with Crippen molar-refractivity contribution in [2.45, 2.75) is 32.9 Å². The number of aromatic amines is 1. The number of H-pyrrole nitrogens is 1. The fraction of sp³-hybridized carbons (Fsp3) is 0.429. The second-order valence-corrected chi connectivity index (χ2v) is 5.68. The molecule has 0 bridgehead atoms. The molecule has 2 rings (SSSR count). The van der Waals surface area contributed by atoms with Gasteiger partial charge >= 0.3 is 6.09 Å². The van der Waals surface area contributed by atoms with Gasteiger partial charge in [0.2, 0.25) is 0 Å². The summed E-state index contributed by atoms with van der Waals surface area (Å²) in [5.74, 6) is 0.257. The van der Waals surface area contributed by atoms with E-state index in [0.29, 0.717) is 16.9 Å². The summed E-state index contributed by atoms with van der Waals surface area (Å²) >= 11 is 0. The lowest BCUT2D eigenvalue weighted by Crippen LogP contribution is -2.34. The number of benzene rings is 1. The summed E-state index contributed by atoms with van der Waals surface area (Å²) in [5, 5.41) is 0. The summed E-state index contributed by atoms with van der Waals surface area (Å²) in [6.07, 6.45) is -0.427. The molecule has 1 aromatic carbocycles. The zero-order valence-corrected chi connectivity index (χ0v) is 12.0. The normalized spacial score (nSPS) is 11.7. The van der Waals surface area contributed by atoms with Crippen LogP contribution < -0.4 is 0 Å². The number of aromatic nitrogens is 2. The van der Waals surface area contributed by atoms with Crippen LogP contribution in [0.3, 0.4) is 0 Å². The molecule has 5 nitrogen and oxygen atoms in total. The molecule has 1 heterocycles. The number of rotatable bonds is 2. The predicted octanol–water partition coefficient (Wildman–Crippen LogP) is 3.07. The van der Waals surface area contributed by atoms with Crippen molar-refractivity contribution in [1.82, 2.24) is 14.9 Å². The van der Waals surface area contributed by atoms with Crippen molar-refractivity contribution in [3.63, 3.8) is 0 Å². The van der Waals surface area contributed by atoms with Gasteiger partial charge in [-0.15, -0.1) is 0 Å². The van der Waals surface area contributed by atoms with Crippen molar-refractivity contribution in [2.75, 3.05) is 7.05 Å². The maximum atomic E-state index is 13.1. The molecule has 0 aliphatic carbocycles. The van der Waals surface area contributed by atoms with Gasteiger partial charge in [-0.2, -0.15) is 0 Å². The smallest absolute Gasteiger partial charge is 0.410 e. The van der Waals surface area contributed by atoms with Gasteiger partial charge in [-0.05, 0) is 39.0 Å². The largest absolute Gasteiger partial charge is 0.444 e. The molecule has 0 aliphatic heterocycles. The first-order chi connectivity index (χ1) is 9.24. The lowest BCUT2D eigenvalue weighted by atomic mass is 10.2. The fourth-order valence-corrected chi connectivity index (χ4v) is 1.74. The number of carbonyl (C=O) groups excluding carboxylic acids is 1. The molecule has 0 fully saturated rings. The Hall–Kier alpha value is -2.11. The Kier molecular flexibility index (Phi) is 3.65. The fourth-order valence-electron chi connectivity index (χ4n) is 1.74. The van der Waals surface area contributed by atoms with E-state index >= 15 is 0 Å². The molecular weight excluding hydrogens is 261 g/mol. The number of halogens is 1. The Morgan fingerprint density at radius 3 is 2.80 bits per heavy atom. The lowest BCUT2D eigenvalue weighted by Gasteiger charge is -2.24. The van der Waals surface area contributed by atoms with Gasteiger partial charge in [0, 0.05) is 7.05 Å². The summed E-state index contributed by atoms with van der Waals surface area (Å²) in [6, 6.07) is 4.32. The van der Waals surface area contributed by atoms with Gasteiger partial charge in [-0.25, -0.2) is 14.2 Å². The standard InChI is InChI=1S/C14H18FN3O2/c1-14(2,3)20-13(19)18(4)8-12-16-10-6-5-9(15)7-11(10)17-12/h5-7H,8H2,1-4H3,(H,16,17). The van der Waals surface area contributed by atoms with E-state index in [2.05, 4.69) is 9.97 Å². The van der Waals surface area contributed by atoms with Gasteiger partial charge < -0.3 is 14.6 Å². The van der Waals surface area contributed by atoms with Gasteiger partial charge in [-0.3, -0.25) is 0 Å². The number of amides is 1. The van der Waals surface area contributed by atoms with E-state index in [-0.39, 0.29) is 12.4 Å². The minimum absolute atomic E-state index is 0.269. The molecular formula is C14H18FN3O2. The summed E-state index contributed by atoms with van der Waals surface area (Å²) in [7, 11) is 1.63. The second kappa shape index (κ2) is 5.11. The van der Waals surface area contributed by atoms with Crippen molar-refractivity contribution in [1.29, 1.82) is 0 Å². The Labute approximate surface area is 116 Å². The second-order valence-electron chi connectivity index (χ2n) is 5.68. The van der Waals surface area contributed by atoms with Gasteiger partial charge in [-0.1, -0.05) is 0 Å². The van der Waals surface area contributed by atoms with Crippen molar-refractivity contribution in [3.8, 4) is 0 Å². The topological polar surface area (TPSA) is 58.2 Å². The van der Waals surface area contributed by atoms with Crippen LogP contribution in [0.25, 0.3) is 11.0 Å². The third-order valence-electron chi connectivity index (χ3n) is 2.59. The molecule has 1 aromatic heterocycles. The number of hydrogen-bond acceptors (Lipinski definition) is 3. The molecule has 2 aromatic rings. The van der Waals surface area contributed by atoms with E-state index in [1.54, 1.807) is 13.1 Å². The first-order valence-electron chi connectivity index (χ1n) is 6.33. The summed E-state index contributed by atoms with van der Waals surface area (Å²) < 4.78 is 18.3. The molecule has 20 heavy (non-hydrogen) atoms. The predicted molar refractivity (Wildman–Crippen MR) is 73.8 cm³/mol. The van der Waals surface area contributed by atoms with Gasteiger partial charge in [0.25, 0.3) is 0 Å². The SMILES string of the molecule is CN(Cc1nc2ccc(F)cc2[nH]1)C(=O)OC(C)(C)C. The van der Waals surface area contributed by atoms with Crippen molar-refractivity contribution >= 4 is 17.1 Å². The number of nitrogens with one attached hydrogen (secondary N) is 1. The van der Waals surface area contributed by atoms with Gasteiger partial charge in [0.1, 0.15) is 17.2 Å². The number of ether oxygens (including phenoxy) is 1. The number of hydrogen-bond donors (Lipinski definition) is 1. The minimum Gasteiger partial charge on any atom is -0.444 e. The molecule has 108 valence electrons. The van der Waals surface area contributed by atoms with Crippen LogP contribution in [0, 0.1) is 5.82 Å². The van der Waals surface area contributed by atoms with Crippen molar-refractivity contribution in [2.24, 2.45) is 0 Å². The molecule has 0 saturated carbocycles. The van der Waals surface area contributed by atoms with Crippen LogP contribution >= 0.6 is 0 Å². The summed E-state index contributed by atoms with van der Waals surface area (Å²) in [5.41, 5.74) is 0.735. The van der Waals surface area contributed by atoms with Crippen molar-refractivity contribution in [3.05, 3.63) is 29.8 Å². The zero-order chi connectivity index (χ0) is 14.9. The van der Waals surface area contributed by atoms with E-state index in [1.807, 2.05) is 20.8 Å². The van der Waals surface area contributed by atoms with Crippen LogP contribution in [0.4, 0.5) is 9.18 Å². The third-order valence-corrected chi connectivity index (χ3v) is 2.59. The Morgan fingerprint density at radius 2 is 2.15 bits per heavy atom. The molecule has 0 spiro atoms. The molecule has 0 radical (unpaired) electrons. The lowest BCUT2D eigenvalue weighted by molar-refractivity contribution is 0.0281. The molecule has 1 amide bonds. The Morgan fingerprint density at radius 1 is 1.45 bits per heavy atom. The van der Waals surface area contributed by atoms with Gasteiger partial charge in [0.05, 0.1) is 17.6 Å². The Bertz CT molecular complexity index is 631. The van der Waals surface area contributed by atoms with E-state index in [0.717, 1.165) is 0 Å². The molecule has 1 N–H and O–H groups in total. The van der Waals surface area contributed by atoms with Crippen LogP contribution in [0.2, 0.25) is 0 Å². The van der Waals surface area contributed by atoms with Crippen molar-refractivity contribution < 1.29 is 13.9 Å². The van der Waals surface area contributed by atoms with Crippen LogP contribution in [-0.2, 0) is 11.3 Å². The van der Waals surface area contributed by atoms with E-state index in [9.17, 15) is 9.18 Å². The molecule has 0 unspecified atom stereocenters. The molecule has 0 saturated heterocycles. The average Bonchev–Trinajstić information content (AvgIpc) is 2.67. The van der Waals surface area contributed by atoms with Crippen LogP contribution in [0.5, 0.6) is 0 Å². The highest BCUT2D eigenvalue weighted by molar-refractivity contribution is 5.75. The Balaban J connectivity index is 2.09. The first kappa shape index (κ1) is 14.3. The maximum absolute atomic E-state index is 13.1. The first-order valence-corrected chi connectivity index (χ1v) is 6.33. The molecule has 0 aliphatic rings. The van der Waals surface area contributed by atoms with Crippen LogP contribution in [0.15, 0.2) is 18.2 Å². The highest BCUT2D eigenvalue weighted by atomic mass is 19.1. The third kappa shape index (κ3) is 3.46. The quantitative estimate of drug-likeness (QED) is 0.919. The number of fused-ring (bicyclic) bond motifs is 1. The number of nitrogens with zero attached hydrogens (tertiary/aromatic N) is 2. The monoisotopic (exact) mass is 279 g/mol. The summed E-state index contributed by atoms with van der Waals surface area (Å²) in [4.78, 5) is 20.5. The van der Waals surface area contributed by atoms with E-state index in [1.165, 1.54) is 17.0 Å². The number of carbonyl (C=O) groups is 1. The minimum atomic E-state index is -0.539. The number of imidazole rings is 1.